The number of phosphoric acid groups is 1. The molecule has 0 radical (unpaired) electrons. The van der Waals surface area contributed by atoms with Crippen LogP contribution in [0, 0.1) is 0 Å². The first-order valence-electron chi connectivity index (χ1n) is 22.2. The summed E-state index contributed by atoms with van der Waals surface area (Å²) in [4.78, 5) is 46.0. The van der Waals surface area contributed by atoms with Gasteiger partial charge in [0.2, 0.25) is 0 Å². The van der Waals surface area contributed by atoms with Crippen LogP contribution in [0.2, 0.25) is 0 Å². The predicted molar refractivity (Wildman–Crippen MR) is 231 cm³/mol. The van der Waals surface area contributed by atoms with Gasteiger partial charge < -0.3 is 25.2 Å². The number of hydrogen-bond acceptors (Lipinski definition) is 9. The molecule has 4 N–H and O–H groups in total. The Balaban J connectivity index is 4.40. The Hall–Kier alpha value is -2.56. The van der Waals surface area contributed by atoms with Crippen molar-refractivity contribution in [2.45, 2.75) is 199 Å². The van der Waals surface area contributed by atoms with Gasteiger partial charge in [-0.15, -0.1) is 0 Å². The molecule has 0 heterocycles. The van der Waals surface area contributed by atoms with Gasteiger partial charge in [-0.25, -0.2) is 4.57 Å². The zero-order valence-electron chi connectivity index (χ0n) is 35.7. The van der Waals surface area contributed by atoms with E-state index in [1.807, 2.05) is 0 Å². The van der Waals surface area contributed by atoms with Gasteiger partial charge in [0.1, 0.15) is 12.6 Å². The second-order valence-corrected chi connectivity index (χ2v) is 16.3. The Labute approximate surface area is 345 Å². The maximum Gasteiger partial charge on any atom is 0.472 e. The van der Waals surface area contributed by atoms with Crippen molar-refractivity contribution in [3.8, 4) is 0 Å². The summed E-state index contributed by atoms with van der Waals surface area (Å²) in [5.74, 6) is -2.41. The maximum atomic E-state index is 12.6. The Morgan fingerprint density at radius 3 is 1.44 bits per heavy atom. The van der Waals surface area contributed by atoms with Gasteiger partial charge in [-0.1, -0.05) is 146 Å². The molecule has 0 aromatic carbocycles. The van der Waals surface area contributed by atoms with Crippen LogP contribution in [0.5, 0.6) is 0 Å². The number of carbonyl (C=O) groups is 3. The molecule has 0 saturated carbocycles. The molecule has 0 aromatic heterocycles. The predicted octanol–water partition coefficient (Wildman–Crippen LogP) is 11.8. The van der Waals surface area contributed by atoms with E-state index in [0.717, 1.165) is 77.0 Å². The molecule has 0 fully saturated rings. The summed E-state index contributed by atoms with van der Waals surface area (Å²) in [5.41, 5.74) is 5.33. The molecule has 11 nitrogen and oxygen atoms in total. The van der Waals surface area contributed by atoms with E-state index in [1.54, 1.807) is 0 Å². The molecule has 0 spiro atoms. The zero-order valence-corrected chi connectivity index (χ0v) is 36.6. The van der Waals surface area contributed by atoms with E-state index in [0.29, 0.717) is 12.8 Å². The number of allylic oxidation sites excluding steroid dienone is 8. The van der Waals surface area contributed by atoms with Crippen molar-refractivity contribution in [2.24, 2.45) is 5.73 Å². The van der Waals surface area contributed by atoms with Crippen LogP contribution in [-0.2, 0) is 37.5 Å². The molecule has 0 aliphatic heterocycles. The van der Waals surface area contributed by atoms with E-state index in [9.17, 15) is 23.8 Å². The van der Waals surface area contributed by atoms with Crippen LogP contribution >= 0.6 is 7.82 Å². The maximum absolute atomic E-state index is 12.6. The molecule has 0 aliphatic rings. The largest absolute Gasteiger partial charge is 0.480 e. The molecular weight excluding hydrogens is 745 g/mol. The first-order chi connectivity index (χ1) is 27.6. The number of esters is 2. The van der Waals surface area contributed by atoms with Crippen molar-refractivity contribution in [1.82, 2.24) is 0 Å². The first kappa shape index (κ1) is 54.4. The monoisotopic (exact) mass is 826 g/mol. The van der Waals surface area contributed by atoms with E-state index >= 15 is 0 Å². The molecule has 3 atom stereocenters. The van der Waals surface area contributed by atoms with Gasteiger partial charge in [0, 0.05) is 12.8 Å². The number of aliphatic carboxylic acids is 1. The Morgan fingerprint density at radius 2 is 0.930 bits per heavy atom. The normalized spacial score (nSPS) is 14.2. The Morgan fingerprint density at radius 1 is 0.544 bits per heavy atom. The minimum atomic E-state index is -4.72. The van der Waals surface area contributed by atoms with Crippen LogP contribution < -0.4 is 5.73 Å². The van der Waals surface area contributed by atoms with Crippen LogP contribution in [0.1, 0.15) is 187 Å². The van der Waals surface area contributed by atoms with Crippen LogP contribution in [0.4, 0.5) is 0 Å². The van der Waals surface area contributed by atoms with Crippen LogP contribution in [0.3, 0.4) is 0 Å². The third-order valence-corrected chi connectivity index (χ3v) is 10.3. The minimum absolute atomic E-state index is 0.150. The SMILES string of the molecule is CCCCC/C=C\C/C=C\C/C=C\CCCCCCC(=O)OC[C@H](COP(=O)(O)OC[C@H](N)C(=O)O)OC(=O)CCCCCCCCC/C=C\CCCCCCC. The van der Waals surface area contributed by atoms with Gasteiger partial charge in [-0.05, 0) is 77.0 Å². The number of hydrogen-bond donors (Lipinski definition) is 3. The average Bonchev–Trinajstić information content (AvgIpc) is 3.19. The summed E-state index contributed by atoms with van der Waals surface area (Å²) in [5, 5.41) is 8.89. The van der Waals surface area contributed by atoms with Gasteiger partial charge in [-0.2, -0.15) is 0 Å². The molecule has 57 heavy (non-hydrogen) atoms. The topological polar surface area (TPSA) is 172 Å². The van der Waals surface area contributed by atoms with Gasteiger partial charge in [0.15, 0.2) is 6.10 Å². The van der Waals surface area contributed by atoms with E-state index in [1.165, 1.54) is 70.6 Å². The molecule has 1 unspecified atom stereocenters. The second kappa shape index (κ2) is 40.2. The Kier molecular flexibility index (Phi) is 38.4. The standard InChI is InChI=1S/C45H80NO10P/c1-3-5-7-9-11-13-15-17-19-21-23-24-26-28-30-32-34-36-43(47)53-38-41(39-54-57(51,52)55-40-42(46)45(49)50)56-44(48)37-35-33-31-29-27-25-22-20-18-16-14-12-10-8-6-4-2/h11,13,16-19,23-24,41-42H,3-10,12,14-15,20-22,25-40,46H2,1-2H3,(H,49,50)(H,51,52)/b13-11-,18-16-,19-17-,24-23-/t41-,42+/m1/s1. The highest BCUT2D eigenvalue weighted by Gasteiger charge is 2.28. The molecule has 0 aliphatic carbocycles. The van der Waals surface area contributed by atoms with E-state index < -0.39 is 51.1 Å². The van der Waals surface area contributed by atoms with Crippen LogP contribution in [0.25, 0.3) is 0 Å². The number of phosphoric ester groups is 1. The number of unbranched alkanes of at least 4 members (excludes halogenated alkanes) is 19. The van der Waals surface area contributed by atoms with E-state index in [-0.39, 0.29) is 19.4 Å². The highest BCUT2D eigenvalue weighted by Crippen LogP contribution is 2.43. The molecule has 0 bridgehead atoms. The summed E-state index contributed by atoms with van der Waals surface area (Å²) in [7, 11) is -4.72. The first-order valence-corrected chi connectivity index (χ1v) is 23.7. The molecule has 330 valence electrons. The summed E-state index contributed by atoms with van der Waals surface area (Å²) >= 11 is 0. The minimum Gasteiger partial charge on any atom is -0.480 e. The van der Waals surface area contributed by atoms with Gasteiger partial charge in [0.25, 0.3) is 0 Å². The van der Waals surface area contributed by atoms with Crippen molar-refractivity contribution >= 4 is 25.7 Å². The average molecular weight is 826 g/mol. The fraction of sp³-hybridized carbons (Fsp3) is 0.756. The lowest BCUT2D eigenvalue weighted by Crippen LogP contribution is -2.34. The highest BCUT2D eigenvalue weighted by atomic mass is 31.2. The second-order valence-electron chi connectivity index (χ2n) is 14.8. The van der Waals surface area contributed by atoms with Gasteiger partial charge in [0.05, 0.1) is 13.2 Å². The van der Waals surface area contributed by atoms with Crippen molar-refractivity contribution in [3.63, 3.8) is 0 Å². The number of carbonyl (C=O) groups excluding carboxylic acids is 2. The van der Waals surface area contributed by atoms with Gasteiger partial charge in [-0.3, -0.25) is 23.4 Å². The van der Waals surface area contributed by atoms with Crippen molar-refractivity contribution < 1.29 is 47.5 Å². The third-order valence-electron chi connectivity index (χ3n) is 9.30. The number of carboxylic acid groups (broad SMARTS) is 1. The van der Waals surface area contributed by atoms with Crippen molar-refractivity contribution in [2.75, 3.05) is 19.8 Å². The van der Waals surface area contributed by atoms with E-state index in [4.69, 9.17) is 24.8 Å². The number of carboxylic acids is 1. The fourth-order valence-corrected chi connectivity index (χ4v) is 6.55. The van der Waals surface area contributed by atoms with Gasteiger partial charge >= 0.3 is 25.7 Å². The lowest BCUT2D eigenvalue weighted by atomic mass is 10.1. The molecule has 0 saturated heterocycles. The summed E-state index contributed by atoms with van der Waals surface area (Å²) in [6.07, 6.45) is 44.5. The number of rotatable bonds is 41. The molecule has 0 amide bonds. The lowest BCUT2D eigenvalue weighted by Gasteiger charge is -2.20. The molecule has 12 heteroatoms. The number of ether oxygens (including phenoxy) is 2. The zero-order chi connectivity index (χ0) is 42.1. The molecule has 0 rings (SSSR count). The van der Waals surface area contributed by atoms with Crippen LogP contribution in [0.15, 0.2) is 48.6 Å². The smallest absolute Gasteiger partial charge is 0.472 e. The highest BCUT2D eigenvalue weighted by molar-refractivity contribution is 7.47. The lowest BCUT2D eigenvalue weighted by molar-refractivity contribution is -0.161. The summed E-state index contributed by atoms with van der Waals surface area (Å²) in [6.45, 7) is 2.74. The summed E-state index contributed by atoms with van der Waals surface area (Å²) in [6, 6.07) is -1.53. The molecule has 0 aromatic rings. The van der Waals surface area contributed by atoms with Crippen LogP contribution in [-0.4, -0.2) is 59.9 Å². The summed E-state index contributed by atoms with van der Waals surface area (Å²) < 4.78 is 32.7. The van der Waals surface area contributed by atoms with Crippen molar-refractivity contribution in [3.05, 3.63) is 48.6 Å². The Bertz CT molecular complexity index is 1150. The molecular formula is C45H80NO10P. The third kappa shape index (κ3) is 40.0. The quantitative estimate of drug-likeness (QED) is 0.0232. The number of nitrogens with two attached hydrogens (primary N) is 1. The fourth-order valence-electron chi connectivity index (χ4n) is 5.77. The van der Waals surface area contributed by atoms with E-state index in [2.05, 4.69) is 67.0 Å². The van der Waals surface area contributed by atoms with Crippen molar-refractivity contribution in [1.29, 1.82) is 0 Å².